The van der Waals surface area contributed by atoms with Crippen molar-refractivity contribution in [3.8, 4) is 0 Å². The van der Waals surface area contributed by atoms with Crippen molar-refractivity contribution in [2.24, 2.45) is 5.92 Å². The first kappa shape index (κ1) is 10.4. The third-order valence-electron chi connectivity index (χ3n) is 2.34. The van der Waals surface area contributed by atoms with Gasteiger partial charge in [-0.05, 0) is 12.8 Å². The summed E-state index contributed by atoms with van der Waals surface area (Å²) in [6.45, 7) is 0. The highest BCUT2D eigenvalue weighted by Crippen LogP contribution is 2.24. The number of ketones is 1. The van der Waals surface area contributed by atoms with Crippen LogP contribution in [0.25, 0.3) is 0 Å². The molecule has 0 unspecified atom stereocenters. The molecule has 0 aliphatic heterocycles. The van der Waals surface area contributed by atoms with E-state index in [2.05, 4.69) is 0 Å². The lowest BCUT2D eigenvalue weighted by molar-refractivity contribution is -0.118. The van der Waals surface area contributed by atoms with Crippen molar-refractivity contribution in [2.45, 2.75) is 32.1 Å². The molecule has 1 aliphatic rings. The van der Waals surface area contributed by atoms with Crippen LogP contribution in [0.5, 0.6) is 0 Å². The third-order valence-corrected chi connectivity index (χ3v) is 2.86. The van der Waals surface area contributed by atoms with E-state index < -0.39 is 21.1 Å². The van der Waals surface area contributed by atoms with Gasteiger partial charge in [-0.15, -0.1) is 0 Å². The minimum atomic E-state index is -2.77. The Balaban J connectivity index is 2.72. The first-order valence-corrected chi connectivity index (χ1v) is 5.40. The molecular weight excluding hydrogens is 192 g/mol. The first-order valence-electron chi connectivity index (χ1n) is 4.32. The molecule has 0 saturated heterocycles. The van der Waals surface area contributed by atoms with Crippen molar-refractivity contribution in [1.82, 2.24) is 0 Å². The molecule has 1 saturated carbocycles. The molecule has 74 valence electrons. The average Bonchev–Trinajstić information content (AvgIpc) is 2.17. The average molecular weight is 204 g/mol. The molecule has 0 spiro atoms. The van der Waals surface area contributed by atoms with E-state index in [1.807, 2.05) is 0 Å². The monoisotopic (exact) mass is 204 g/mol. The molecule has 1 fully saturated rings. The number of Topliss-reactive ketones (excluding diaryl/α,β-unsaturated/α-hetero) is 1. The number of rotatable bonds is 2. The molecule has 0 amide bonds. The van der Waals surface area contributed by atoms with Gasteiger partial charge in [0.1, 0.15) is 0 Å². The van der Waals surface area contributed by atoms with Crippen molar-refractivity contribution in [3.63, 3.8) is 0 Å². The Kier molecular flexibility index (Phi) is 3.62. The number of hydrogen-bond donors (Lipinski definition) is 1. The van der Waals surface area contributed by atoms with Gasteiger partial charge < -0.3 is 5.11 Å². The fraction of sp³-hybridized carbons (Fsp3) is 0.750. The van der Waals surface area contributed by atoms with Crippen molar-refractivity contribution in [3.05, 3.63) is 0 Å². The molecule has 0 aromatic rings. The molecule has 0 bridgehead atoms. The van der Waals surface area contributed by atoms with Crippen molar-refractivity contribution in [2.75, 3.05) is 0 Å². The van der Waals surface area contributed by atoms with Gasteiger partial charge in [0.05, 0.1) is 0 Å². The Labute approximate surface area is 78.1 Å². The largest absolute Gasteiger partial charge is 0.345 e. The van der Waals surface area contributed by atoms with E-state index >= 15 is 0 Å². The van der Waals surface area contributed by atoms with Gasteiger partial charge in [-0.3, -0.25) is 4.79 Å². The Bertz CT molecular complexity index is 314. The maximum atomic E-state index is 11.3. The SMILES string of the molecule is O=C(C(O)=S(=O)=O)C1CCCCC1. The molecule has 0 radical (unpaired) electrons. The lowest BCUT2D eigenvalue weighted by Gasteiger charge is -2.18. The standard InChI is InChI=1S/C8H12O4S/c9-7(8(10)13(11)12)6-4-2-1-3-5-6/h6,10H,1-5H2. The van der Waals surface area contributed by atoms with Crippen molar-refractivity contribution in [1.29, 1.82) is 0 Å². The fourth-order valence-corrected chi connectivity index (χ4v) is 1.95. The summed E-state index contributed by atoms with van der Waals surface area (Å²) in [6, 6.07) is 0. The van der Waals surface area contributed by atoms with E-state index in [0.717, 1.165) is 19.3 Å². The molecule has 1 N–H and O–H groups in total. The van der Waals surface area contributed by atoms with Crippen LogP contribution < -0.4 is 0 Å². The molecule has 4 nitrogen and oxygen atoms in total. The van der Waals surface area contributed by atoms with Gasteiger partial charge in [-0.25, -0.2) is 0 Å². The highest BCUT2D eigenvalue weighted by molar-refractivity contribution is 7.74. The van der Waals surface area contributed by atoms with Crippen LogP contribution >= 0.6 is 0 Å². The summed E-state index contributed by atoms with van der Waals surface area (Å²) < 4.78 is 20.6. The zero-order valence-electron chi connectivity index (χ0n) is 7.19. The minimum Gasteiger partial charge on any atom is -0.345 e. The maximum Gasteiger partial charge on any atom is 0.248 e. The number of aliphatic hydroxyl groups excluding tert-OH is 1. The topological polar surface area (TPSA) is 71.4 Å². The number of hydrogen-bond acceptors (Lipinski definition) is 3. The van der Waals surface area contributed by atoms with E-state index in [1.165, 1.54) is 0 Å². The number of carbonyl (C=O) groups is 1. The maximum absolute atomic E-state index is 11.3. The molecule has 13 heavy (non-hydrogen) atoms. The lowest BCUT2D eigenvalue weighted by atomic mass is 9.86. The molecule has 5 heteroatoms. The van der Waals surface area contributed by atoms with Gasteiger partial charge in [0, 0.05) is 5.92 Å². The van der Waals surface area contributed by atoms with Crippen molar-refractivity contribution < 1.29 is 18.3 Å². The second kappa shape index (κ2) is 4.53. The van der Waals surface area contributed by atoms with Gasteiger partial charge >= 0.3 is 0 Å². The quantitative estimate of drug-likeness (QED) is 0.672. The van der Waals surface area contributed by atoms with Gasteiger partial charge in [0.2, 0.25) is 21.1 Å². The predicted octanol–water partition coefficient (Wildman–Crippen LogP) is 0.703. The predicted molar refractivity (Wildman–Crippen MR) is 48.1 cm³/mol. The fourth-order valence-electron chi connectivity index (χ4n) is 1.62. The van der Waals surface area contributed by atoms with E-state index in [-0.39, 0.29) is 5.92 Å². The zero-order valence-corrected chi connectivity index (χ0v) is 8.01. The van der Waals surface area contributed by atoms with Gasteiger partial charge in [0.25, 0.3) is 0 Å². The summed E-state index contributed by atoms with van der Waals surface area (Å²) >= 11 is 0. The number of carbonyl (C=O) groups excluding carboxylic acids is 1. The first-order chi connectivity index (χ1) is 6.13. The van der Waals surface area contributed by atoms with Crippen LogP contribution in [0, 0.1) is 5.92 Å². The molecule has 0 atom stereocenters. The molecule has 1 aliphatic carbocycles. The van der Waals surface area contributed by atoms with Crippen molar-refractivity contribution >= 4 is 21.1 Å². The Hall–Kier alpha value is -0.680. The van der Waals surface area contributed by atoms with Gasteiger partial charge in [-0.2, -0.15) is 8.42 Å². The van der Waals surface area contributed by atoms with Crippen LogP contribution in [0.2, 0.25) is 0 Å². The number of aliphatic hydroxyl groups is 1. The normalized spacial score (nSPS) is 18.2. The van der Waals surface area contributed by atoms with Gasteiger partial charge in [-0.1, -0.05) is 19.3 Å². The summed E-state index contributed by atoms with van der Waals surface area (Å²) in [7, 11) is -2.77. The van der Waals surface area contributed by atoms with Crippen LogP contribution in [-0.2, 0) is 15.1 Å². The van der Waals surface area contributed by atoms with Crippen LogP contribution in [0.3, 0.4) is 0 Å². The molecule has 0 aromatic heterocycles. The van der Waals surface area contributed by atoms with Gasteiger partial charge in [0.15, 0.2) is 0 Å². The third kappa shape index (κ3) is 2.63. The molecule has 1 rings (SSSR count). The van der Waals surface area contributed by atoms with Crippen LogP contribution in [0.4, 0.5) is 0 Å². The summed E-state index contributed by atoms with van der Waals surface area (Å²) in [4.78, 5) is 11.3. The van der Waals surface area contributed by atoms with E-state index in [4.69, 9.17) is 5.11 Å². The van der Waals surface area contributed by atoms with Crippen LogP contribution in [0.1, 0.15) is 32.1 Å². The van der Waals surface area contributed by atoms with Crippen LogP contribution in [-0.4, -0.2) is 24.4 Å². The molecule has 0 heterocycles. The molecular formula is C8H12O4S. The Morgan fingerprint density at radius 2 is 1.69 bits per heavy atom. The Morgan fingerprint density at radius 3 is 2.15 bits per heavy atom. The Morgan fingerprint density at radius 1 is 1.15 bits per heavy atom. The van der Waals surface area contributed by atoms with Crippen LogP contribution in [0.15, 0.2) is 0 Å². The lowest BCUT2D eigenvalue weighted by Crippen LogP contribution is -2.25. The second-order valence-electron chi connectivity index (χ2n) is 3.24. The van der Waals surface area contributed by atoms with E-state index in [9.17, 15) is 13.2 Å². The molecule has 0 aromatic carbocycles. The minimum absolute atomic E-state index is 0.286. The summed E-state index contributed by atoms with van der Waals surface area (Å²) in [6.07, 6.45) is 4.36. The highest BCUT2D eigenvalue weighted by Gasteiger charge is 2.24. The smallest absolute Gasteiger partial charge is 0.248 e. The van der Waals surface area contributed by atoms with E-state index in [1.54, 1.807) is 0 Å². The zero-order chi connectivity index (χ0) is 9.84. The van der Waals surface area contributed by atoms with E-state index in [0.29, 0.717) is 12.8 Å². The summed E-state index contributed by atoms with van der Waals surface area (Å²) in [5, 5.41) is 7.89. The second-order valence-corrected chi connectivity index (χ2v) is 4.10. The summed E-state index contributed by atoms with van der Waals surface area (Å²) in [5.74, 6) is -0.903. The summed E-state index contributed by atoms with van der Waals surface area (Å²) in [5.41, 5.74) is 0. The highest BCUT2D eigenvalue weighted by atomic mass is 32.2.